The summed E-state index contributed by atoms with van der Waals surface area (Å²) >= 11 is 0. The molecule has 2 heterocycles. The number of carbonyl (C=O) groups excluding carboxylic acids is 1. The molecule has 0 unspecified atom stereocenters. The molecule has 3 rings (SSSR count). The predicted molar refractivity (Wildman–Crippen MR) is 90.4 cm³/mol. The van der Waals surface area contributed by atoms with Crippen molar-refractivity contribution in [1.29, 1.82) is 0 Å². The summed E-state index contributed by atoms with van der Waals surface area (Å²) in [5.41, 5.74) is 2.69. The van der Waals surface area contributed by atoms with E-state index in [0.717, 1.165) is 16.9 Å². The number of amides is 2. The van der Waals surface area contributed by atoms with Crippen LogP contribution in [0.25, 0.3) is 5.65 Å². The number of fused-ring (bicyclic) bond motifs is 1. The summed E-state index contributed by atoms with van der Waals surface area (Å²) < 4.78 is 15.0. The second kappa shape index (κ2) is 7.59. The summed E-state index contributed by atoms with van der Waals surface area (Å²) in [6.07, 6.45) is 5.16. The fraction of sp³-hybridized carbons (Fsp3) is 0.222. The molecule has 0 radical (unpaired) electrons. The highest BCUT2D eigenvalue weighted by Gasteiger charge is 2.03. The van der Waals surface area contributed by atoms with Crippen molar-refractivity contribution in [3.63, 3.8) is 0 Å². The number of nitrogens with one attached hydrogen (secondary N) is 2. The Labute approximate surface area is 139 Å². The SMILES string of the molecule is O=C(NCCc1cccc(F)c1)NCCc1cn2ccccc2n1. The summed E-state index contributed by atoms with van der Waals surface area (Å²) in [6, 6.07) is 12.0. The van der Waals surface area contributed by atoms with E-state index in [1.165, 1.54) is 12.1 Å². The van der Waals surface area contributed by atoms with Gasteiger partial charge in [0.1, 0.15) is 11.5 Å². The third kappa shape index (κ3) is 4.32. The lowest BCUT2D eigenvalue weighted by Gasteiger charge is -2.07. The summed E-state index contributed by atoms with van der Waals surface area (Å²) in [7, 11) is 0. The largest absolute Gasteiger partial charge is 0.338 e. The number of hydrogen-bond acceptors (Lipinski definition) is 2. The first-order valence-electron chi connectivity index (χ1n) is 7.89. The number of hydrogen-bond donors (Lipinski definition) is 2. The molecule has 0 aliphatic heterocycles. The zero-order valence-electron chi connectivity index (χ0n) is 13.2. The van der Waals surface area contributed by atoms with Gasteiger partial charge in [0.05, 0.1) is 5.69 Å². The van der Waals surface area contributed by atoms with Crippen LogP contribution in [0.5, 0.6) is 0 Å². The molecule has 3 aromatic rings. The van der Waals surface area contributed by atoms with Gasteiger partial charge in [0.15, 0.2) is 0 Å². The van der Waals surface area contributed by atoms with Crippen LogP contribution >= 0.6 is 0 Å². The average Bonchev–Trinajstić information content (AvgIpc) is 2.97. The third-order valence-corrected chi connectivity index (χ3v) is 3.67. The number of rotatable bonds is 6. The second-order valence-electron chi connectivity index (χ2n) is 5.51. The first-order valence-corrected chi connectivity index (χ1v) is 7.89. The molecule has 0 fully saturated rings. The van der Waals surface area contributed by atoms with E-state index in [0.29, 0.717) is 25.9 Å². The van der Waals surface area contributed by atoms with E-state index in [2.05, 4.69) is 15.6 Å². The lowest BCUT2D eigenvalue weighted by atomic mass is 10.1. The molecule has 0 aliphatic carbocycles. The number of imidazole rings is 1. The fourth-order valence-electron chi connectivity index (χ4n) is 2.49. The van der Waals surface area contributed by atoms with E-state index < -0.39 is 0 Å². The Morgan fingerprint density at radius 3 is 2.71 bits per heavy atom. The highest BCUT2D eigenvalue weighted by molar-refractivity contribution is 5.73. The molecule has 0 saturated heterocycles. The number of benzene rings is 1. The Bertz CT molecular complexity index is 798. The molecule has 2 N–H and O–H groups in total. The molecule has 2 aromatic heterocycles. The lowest BCUT2D eigenvalue weighted by Crippen LogP contribution is -2.37. The van der Waals surface area contributed by atoms with Crippen LogP contribution in [0.3, 0.4) is 0 Å². The van der Waals surface area contributed by atoms with Crippen molar-refractivity contribution in [2.45, 2.75) is 12.8 Å². The number of urea groups is 1. The van der Waals surface area contributed by atoms with Crippen molar-refractivity contribution >= 4 is 11.7 Å². The Kier molecular flexibility index (Phi) is 5.05. The highest BCUT2D eigenvalue weighted by atomic mass is 19.1. The van der Waals surface area contributed by atoms with Crippen LogP contribution < -0.4 is 10.6 Å². The molecular formula is C18H19FN4O. The Morgan fingerprint density at radius 2 is 1.92 bits per heavy atom. The summed E-state index contributed by atoms with van der Waals surface area (Å²) in [6.45, 7) is 0.972. The zero-order valence-corrected chi connectivity index (χ0v) is 13.2. The maximum absolute atomic E-state index is 13.1. The minimum atomic E-state index is -0.260. The average molecular weight is 326 g/mol. The zero-order chi connectivity index (χ0) is 16.8. The maximum atomic E-state index is 13.1. The molecule has 124 valence electrons. The molecule has 0 aliphatic rings. The molecule has 0 atom stereocenters. The first kappa shape index (κ1) is 16.0. The number of halogens is 1. The Balaban J connectivity index is 1.38. The van der Waals surface area contributed by atoms with E-state index in [-0.39, 0.29) is 11.8 Å². The molecule has 24 heavy (non-hydrogen) atoms. The molecular weight excluding hydrogens is 307 g/mol. The molecule has 5 nitrogen and oxygen atoms in total. The van der Waals surface area contributed by atoms with Crippen molar-refractivity contribution < 1.29 is 9.18 Å². The quantitative estimate of drug-likeness (QED) is 0.731. The van der Waals surface area contributed by atoms with Gasteiger partial charge in [-0.25, -0.2) is 14.2 Å². The van der Waals surface area contributed by atoms with Gasteiger partial charge in [-0.15, -0.1) is 0 Å². The minimum absolute atomic E-state index is 0.227. The number of pyridine rings is 1. The van der Waals surface area contributed by atoms with Crippen LogP contribution in [0.4, 0.5) is 9.18 Å². The third-order valence-electron chi connectivity index (χ3n) is 3.67. The standard InChI is InChI=1S/C18H19FN4O/c19-15-5-3-4-14(12-15)7-9-20-18(24)21-10-8-16-13-23-11-2-1-6-17(23)22-16/h1-6,11-13H,7-10H2,(H2,20,21,24). The summed E-state index contributed by atoms with van der Waals surface area (Å²) in [5.74, 6) is -0.260. The van der Waals surface area contributed by atoms with Gasteiger partial charge in [0, 0.05) is 31.9 Å². The smallest absolute Gasteiger partial charge is 0.314 e. The van der Waals surface area contributed by atoms with Crippen molar-refractivity contribution in [1.82, 2.24) is 20.0 Å². The van der Waals surface area contributed by atoms with Gasteiger partial charge < -0.3 is 15.0 Å². The number of nitrogens with zero attached hydrogens (tertiary/aromatic N) is 2. The Morgan fingerprint density at radius 1 is 1.08 bits per heavy atom. The molecule has 6 heteroatoms. The van der Waals surface area contributed by atoms with Gasteiger partial charge in [-0.3, -0.25) is 0 Å². The van der Waals surface area contributed by atoms with Crippen LogP contribution in [0.15, 0.2) is 54.9 Å². The number of carbonyl (C=O) groups is 1. The van der Waals surface area contributed by atoms with Gasteiger partial charge in [0.2, 0.25) is 0 Å². The van der Waals surface area contributed by atoms with Crippen LogP contribution in [0.2, 0.25) is 0 Å². The van der Waals surface area contributed by atoms with Crippen LogP contribution in [0.1, 0.15) is 11.3 Å². The van der Waals surface area contributed by atoms with Crippen molar-refractivity contribution in [3.05, 3.63) is 71.9 Å². The summed E-state index contributed by atoms with van der Waals surface area (Å²) in [4.78, 5) is 16.2. The van der Waals surface area contributed by atoms with Gasteiger partial charge >= 0.3 is 6.03 Å². The Hall–Kier alpha value is -2.89. The molecule has 1 aromatic carbocycles. The number of aromatic nitrogens is 2. The van der Waals surface area contributed by atoms with Gasteiger partial charge in [-0.05, 0) is 36.2 Å². The fourth-order valence-corrected chi connectivity index (χ4v) is 2.49. The van der Waals surface area contributed by atoms with Crippen molar-refractivity contribution in [2.75, 3.05) is 13.1 Å². The highest BCUT2D eigenvalue weighted by Crippen LogP contribution is 2.05. The minimum Gasteiger partial charge on any atom is -0.338 e. The van der Waals surface area contributed by atoms with E-state index in [1.807, 2.05) is 41.1 Å². The molecule has 0 bridgehead atoms. The van der Waals surface area contributed by atoms with Crippen LogP contribution in [-0.2, 0) is 12.8 Å². The van der Waals surface area contributed by atoms with Gasteiger partial charge in [0.25, 0.3) is 0 Å². The normalized spacial score (nSPS) is 10.7. The maximum Gasteiger partial charge on any atom is 0.314 e. The predicted octanol–water partition coefficient (Wildman–Crippen LogP) is 2.56. The van der Waals surface area contributed by atoms with E-state index >= 15 is 0 Å². The monoisotopic (exact) mass is 326 g/mol. The van der Waals surface area contributed by atoms with E-state index in [1.54, 1.807) is 6.07 Å². The molecule has 0 saturated carbocycles. The topological polar surface area (TPSA) is 58.4 Å². The molecule has 0 spiro atoms. The van der Waals surface area contributed by atoms with Gasteiger partial charge in [-0.2, -0.15) is 0 Å². The van der Waals surface area contributed by atoms with Gasteiger partial charge in [-0.1, -0.05) is 18.2 Å². The first-order chi connectivity index (χ1) is 11.7. The van der Waals surface area contributed by atoms with Crippen molar-refractivity contribution in [2.24, 2.45) is 0 Å². The van der Waals surface area contributed by atoms with Crippen molar-refractivity contribution in [3.8, 4) is 0 Å². The van der Waals surface area contributed by atoms with E-state index in [4.69, 9.17) is 0 Å². The second-order valence-corrected chi connectivity index (χ2v) is 5.51. The molecule has 2 amide bonds. The van der Waals surface area contributed by atoms with Crippen LogP contribution in [-0.4, -0.2) is 28.5 Å². The van der Waals surface area contributed by atoms with E-state index in [9.17, 15) is 9.18 Å². The summed E-state index contributed by atoms with van der Waals surface area (Å²) in [5, 5.41) is 5.57. The van der Waals surface area contributed by atoms with Crippen LogP contribution in [0, 0.1) is 5.82 Å². The lowest BCUT2D eigenvalue weighted by molar-refractivity contribution is 0.241.